The van der Waals surface area contributed by atoms with E-state index < -0.39 is 11.8 Å². The molecule has 0 radical (unpaired) electrons. The number of carbonyl (C=O) groups excluding carboxylic acids is 2. The smallest absolute Gasteiger partial charge is 0.311 e. The lowest BCUT2D eigenvalue weighted by Gasteiger charge is -2.30. The van der Waals surface area contributed by atoms with Crippen LogP contribution in [0.25, 0.3) is 0 Å². The SMILES string of the molecule is CC(C)OCCCNC(=O)C(=O)N(C)C1CCCCC1. The van der Waals surface area contributed by atoms with Crippen LogP contribution in [0.4, 0.5) is 0 Å². The van der Waals surface area contributed by atoms with Crippen LogP contribution < -0.4 is 5.32 Å². The summed E-state index contributed by atoms with van der Waals surface area (Å²) in [5.41, 5.74) is 0. The topological polar surface area (TPSA) is 58.6 Å². The van der Waals surface area contributed by atoms with Crippen LogP contribution in [0.3, 0.4) is 0 Å². The summed E-state index contributed by atoms with van der Waals surface area (Å²) >= 11 is 0. The predicted molar refractivity (Wildman–Crippen MR) is 78.4 cm³/mol. The first-order valence-electron chi connectivity index (χ1n) is 7.69. The third-order valence-corrected chi connectivity index (χ3v) is 3.69. The first-order valence-corrected chi connectivity index (χ1v) is 7.69. The molecule has 0 unspecified atom stereocenters. The third-order valence-electron chi connectivity index (χ3n) is 3.69. The first-order chi connectivity index (χ1) is 9.52. The minimum absolute atomic E-state index is 0.199. The zero-order chi connectivity index (χ0) is 15.0. The molecule has 1 saturated carbocycles. The van der Waals surface area contributed by atoms with Crippen molar-refractivity contribution in [3.05, 3.63) is 0 Å². The molecular formula is C15H28N2O3. The fourth-order valence-corrected chi connectivity index (χ4v) is 2.46. The zero-order valence-corrected chi connectivity index (χ0v) is 13.0. The molecule has 0 aromatic rings. The van der Waals surface area contributed by atoms with Crippen molar-refractivity contribution in [2.75, 3.05) is 20.2 Å². The van der Waals surface area contributed by atoms with Crippen molar-refractivity contribution in [1.82, 2.24) is 10.2 Å². The van der Waals surface area contributed by atoms with Gasteiger partial charge in [0.15, 0.2) is 0 Å². The van der Waals surface area contributed by atoms with Gasteiger partial charge >= 0.3 is 11.8 Å². The average molecular weight is 284 g/mol. The summed E-state index contributed by atoms with van der Waals surface area (Å²) in [5.74, 6) is -0.913. The summed E-state index contributed by atoms with van der Waals surface area (Å²) in [6, 6.07) is 0.228. The van der Waals surface area contributed by atoms with Crippen LogP contribution in [0.15, 0.2) is 0 Å². The minimum atomic E-state index is -0.498. The summed E-state index contributed by atoms with van der Waals surface area (Å²) in [5, 5.41) is 2.67. The van der Waals surface area contributed by atoms with Gasteiger partial charge in [0.25, 0.3) is 0 Å². The Hall–Kier alpha value is -1.10. The van der Waals surface area contributed by atoms with Crippen LogP contribution in [-0.4, -0.2) is 49.1 Å². The van der Waals surface area contributed by atoms with Crippen LogP contribution in [0.5, 0.6) is 0 Å². The third kappa shape index (κ3) is 5.90. The van der Waals surface area contributed by atoms with Gasteiger partial charge in [-0.2, -0.15) is 0 Å². The molecule has 1 rings (SSSR count). The van der Waals surface area contributed by atoms with Gasteiger partial charge in [0.2, 0.25) is 0 Å². The number of hydrogen-bond acceptors (Lipinski definition) is 3. The van der Waals surface area contributed by atoms with E-state index in [1.807, 2.05) is 13.8 Å². The minimum Gasteiger partial charge on any atom is -0.379 e. The number of likely N-dealkylation sites (N-methyl/N-ethyl adjacent to an activating group) is 1. The summed E-state index contributed by atoms with van der Waals surface area (Å²) in [6.07, 6.45) is 6.48. The zero-order valence-electron chi connectivity index (χ0n) is 13.0. The number of ether oxygens (including phenoxy) is 1. The number of rotatable bonds is 6. The summed E-state index contributed by atoms with van der Waals surface area (Å²) in [6.45, 7) is 5.03. The molecule has 0 aromatic heterocycles. The standard InChI is InChI=1S/C15H28N2O3/c1-12(2)20-11-7-10-16-14(18)15(19)17(3)13-8-5-4-6-9-13/h12-13H,4-11H2,1-3H3,(H,16,18). The van der Waals surface area contributed by atoms with Crippen molar-refractivity contribution >= 4 is 11.8 Å². The van der Waals surface area contributed by atoms with E-state index in [0.29, 0.717) is 13.2 Å². The number of carbonyl (C=O) groups is 2. The van der Waals surface area contributed by atoms with Crippen molar-refractivity contribution < 1.29 is 14.3 Å². The van der Waals surface area contributed by atoms with E-state index in [4.69, 9.17) is 4.74 Å². The molecule has 0 atom stereocenters. The second-order valence-corrected chi connectivity index (χ2v) is 5.74. The van der Waals surface area contributed by atoms with Crippen LogP contribution in [0.1, 0.15) is 52.4 Å². The van der Waals surface area contributed by atoms with Gasteiger partial charge in [-0.25, -0.2) is 0 Å². The van der Waals surface area contributed by atoms with Gasteiger partial charge in [-0.15, -0.1) is 0 Å². The lowest BCUT2D eigenvalue weighted by molar-refractivity contribution is -0.146. The first kappa shape index (κ1) is 17.0. The lowest BCUT2D eigenvalue weighted by atomic mass is 9.94. The Kier molecular flexibility index (Phi) is 7.59. The fraction of sp³-hybridized carbons (Fsp3) is 0.867. The highest BCUT2D eigenvalue weighted by atomic mass is 16.5. The van der Waals surface area contributed by atoms with Gasteiger partial charge in [0.05, 0.1) is 6.10 Å². The van der Waals surface area contributed by atoms with E-state index >= 15 is 0 Å². The van der Waals surface area contributed by atoms with Crippen molar-refractivity contribution in [2.45, 2.75) is 64.5 Å². The molecule has 5 heteroatoms. The average Bonchev–Trinajstić information content (AvgIpc) is 2.45. The molecular weight excluding hydrogens is 256 g/mol. The Morgan fingerprint density at radius 2 is 1.90 bits per heavy atom. The quantitative estimate of drug-likeness (QED) is 0.596. The highest BCUT2D eigenvalue weighted by Crippen LogP contribution is 2.21. The fourth-order valence-electron chi connectivity index (χ4n) is 2.46. The van der Waals surface area contributed by atoms with Gasteiger partial charge in [-0.3, -0.25) is 9.59 Å². The second-order valence-electron chi connectivity index (χ2n) is 5.74. The monoisotopic (exact) mass is 284 g/mol. The Morgan fingerprint density at radius 1 is 1.25 bits per heavy atom. The van der Waals surface area contributed by atoms with E-state index in [1.54, 1.807) is 11.9 Å². The van der Waals surface area contributed by atoms with Gasteiger partial charge in [0.1, 0.15) is 0 Å². The van der Waals surface area contributed by atoms with Crippen LogP contribution in [-0.2, 0) is 14.3 Å². The van der Waals surface area contributed by atoms with Crippen molar-refractivity contribution in [1.29, 1.82) is 0 Å². The predicted octanol–water partition coefficient (Wildman–Crippen LogP) is 1.71. The molecule has 1 N–H and O–H groups in total. The Morgan fingerprint density at radius 3 is 2.50 bits per heavy atom. The molecule has 116 valence electrons. The molecule has 1 aliphatic rings. The van der Waals surface area contributed by atoms with Gasteiger partial charge in [-0.1, -0.05) is 19.3 Å². The normalized spacial score (nSPS) is 16.2. The number of amides is 2. The van der Waals surface area contributed by atoms with Crippen molar-refractivity contribution in [3.63, 3.8) is 0 Å². The van der Waals surface area contributed by atoms with E-state index in [1.165, 1.54) is 6.42 Å². The molecule has 2 amide bonds. The maximum absolute atomic E-state index is 12.0. The molecule has 0 aromatic carbocycles. The molecule has 20 heavy (non-hydrogen) atoms. The van der Waals surface area contributed by atoms with E-state index in [9.17, 15) is 9.59 Å². The molecule has 1 aliphatic carbocycles. The Balaban J connectivity index is 2.22. The van der Waals surface area contributed by atoms with Crippen LogP contribution >= 0.6 is 0 Å². The van der Waals surface area contributed by atoms with E-state index in [0.717, 1.165) is 32.1 Å². The molecule has 0 heterocycles. The summed E-state index contributed by atoms with van der Waals surface area (Å²) in [7, 11) is 1.74. The maximum Gasteiger partial charge on any atom is 0.311 e. The van der Waals surface area contributed by atoms with E-state index in [2.05, 4.69) is 5.32 Å². The summed E-state index contributed by atoms with van der Waals surface area (Å²) in [4.78, 5) is 25.4. The number of hydrogen-bond donors (Lipinski definition) is 1. The van der Waals surface area contributed by atoms with Gasteiger partial charge < -0.3 is 15.0 Å². The highest BCUT2D eigenvalue weighted by molar-refractivity contribution is 6.35. The molecule has 0 saturated heterocycles. The van der Waals surface area contributed by atoms with Crippen LogP contribution in [0, 0.1) is 0 Å². The van der Waals surface area contributed by atoms with Gasteiger partial charge in [-0.05, 0) is 33.1 Å². The second kappa shape index (κ2) is 8.95. The molecule has 5 nitrogen and oxygen atoms in total. The largest absolute Gasteiger partial charge is 0.379 e. The van der Waals surface area contributed by atoms with Crippen molar-refractivity contribution in [3.8, 4) is 0 Å². The lowest BCUT2D eigenvalue weighted by Crippen LogP contribution is -2.46. The highest BCUT2D eigenvalue weighted by Gasteiger charge is 2.26. The maximum atomic E-state index is 12.0. The Labute approximate surface area is 122 Å². The van der Waals surface area contributed by atoms with Crippen molar-refractivity contribution in [2.24, 2.45) is 0 Å². The molecule has 0 spiro atoms. The molecule has 0 aliphatic heterocycles. The van der Waals surface area contributed by atoms with Gasteiger partial charge in [0, 0.05) is 26.2 Å². The molecule has 0 bridgehead atoms. The number of nitrogens with zero attached hydrogens (tertiary/aromatic N) is 1. The Bertz CT molecular complexity index is 312. The van der Waals surface area contributed by atoms with Crippen LogP contribution in [0.2, 0.25) is 0 Å². The summed E-state index contributed by atoms with van der Waals surface area (Å²) < 4.78 is 5.38. The van der Waals surface area contributed by atoms with E-state index in [-0.39, 0.29) is 12.1 Å². The molecule has 1 fully saturated rings. The number of nitrogens with one attached hydrogen (secondary N) is 1.